The van der Waals surface area contributed by atoms with Gasteiger partial charge in [-0.25, -0.2) is 4.79 Å². The van der Waals surface area contributed by atoms with E-state index in [1.165, 1.54) is 16.7 Å². The van der Waals surface area contributed by atoms with Crippen LogP contribution in [0.1, 0.15) is 22.8 Å². The van der Waals surface area contributed by atoms with E-state index in [9.17, 15) is 25.2 Å². The number of carboxylic acids is 1. The molecule has 1 fully saturated rings. The first-order chi connectivity index (χ1) is 15.5. The zero-order valence-corrected chi connectivity index (χ0v) is 19.0. The number of thioether (sulfide) groups is 1. The maximum Gasteiger partial charge on any atom is 0.336 e. The Kier molecular flexibility index (Phi) is 7.37. The molecule has 1 N–H and O–H groups in total. The Morgan fingerprint density at radius 2 is 1.97 bits per heavy atom. The Bertz CT molecular complexity index is 1350. The maximum atomic E-state index is 13.4. The molecule has 9 heteroatoms. The van der Waals surface area contributed by atoms with E-state index in [1.54, 1.807) is 30.0 Å². The molecule has 3 rings (SSSR count). The summed E-state index contributed by atoms with van der Waals surface area (Å²) in [6.45, 7) is 7.46. The van der Waals surface area contributed by atoms with E-state index in [4.69, 9.17) is 0 Å². The predicted octanol–water partition coefficient (Wildman–Crippen LogP) is 2.10. The number of carbonyl (C=O) groups is 1. The molecular formula is C23H20N4O3S2. The molecule has 7 nitrogen and oxygen atoms in total. The first kappa shape index (κ1) is 23.1. The second kappa shape index (κ2) is 10.2. The van der Waals surface area contributed by atoms with Crippen molar-refractivity contribution in [3.63, 3.8) is 0 Å². The summed E-state index contributed by atoms with van der Waals surface area (Å²) >= 11 is 2.66. The Labute approximate surface area is 193 Å². The Morgan fingerprint density at radius 1 is 1.28 bits per heavy atom. The summed E-state index contributed by atoms with van der Waals surface area (Å²) < 4.78 is 1.83. The normalized spacial score (nSPS) is 15.2. The van der Waals surface area contributed by atoms with Gasteiger partial charge in [0.25, 0.3) is 5.56 Å². The fourth-order valence-corrected chi connectivity index (χ4v) is 5.64. The highest BCUT2D eigenvalue weighted by atomic mass is 32.2. The molecule has 1 aromatic heterocycles. The van der Waals surface area contributed by atoms with Gasteiger partial charge in [-0.05, 0) is 24.6 Å². The van der Waals surface area contributed by atoms with Crippen LogP contribution in [0, 0.1) is 22.7 Å². The molecule has 162 valence electrons. The number of rotatable bonds is 6. The number of carboxylic acid groups (broad SMARTS) is 1. The van der Waals surface area contributed by atoms with Gasteiger partial charge in [-0.2, -0.15) is 10.5 Å². The molecule has 0 atom stereocenters. The van der Waals surface area contributed by atoms with Crippen molar-refractivity contribution < 1.29 is 9.90 Å². The highest BCUT2D eigenvalue weighted by molar-refractivity contribution is 8.03. The van der Waals surface area contributed by atoms with Crippen LogP contribution < -0.4 is 14.8 Å². The number of aromatic carboxylic acids is 1. The minimum absolute atomic E-state index is 0.0692. The van der Waals surface area contributed by atoms with Crippen molar-refractivity contribution in [3.05, 3.63) is 78.7 Å². The van der Waals surface area contributed by atoms with E-state index in [2.05, 4.69) is 11.5 Å². The summed E-state index contributed by atoms with van der Waals surface area (Å²) in [5.41, 5.74) is 0.359. The molecule has 1 aliphatic heterocycles. The molecule has 1 aromatic carbocycles. The molecule has 0 bridgehead atoms. The van der Waals surface area contributed by atoms with Crippen molar-refractivity contribution in [1.29, 1.82) is 10.5 Å². The van der Waals surface area contributed by atoms with Crippen molar-refractivity contribution in [2.75, 3.05) is 18.8 Å². The summed E-state index contributed by atoms with van der Waals surface area (Å²) in [7, 11) is 0. The smallest absolute Gasteiger partial charge is 0.336 e. The lowest BCUT2D eigenvalue weighted by Gasteiger charge is -2.17. The van der Waals surface area contributed by atoms with Crippen LogP contribution in [-0.2, 0) is 6.54 Å². The molecule has 2 heterocycles. The molecule has 0 saturated carbocycles. The van der Waals surface area contributed by atoms with Crippen molar-refractivity contribution in [3.8, 4) is 12.1 Å². The molecule has 2 aromatic rings. The van der Waals surface area contributed by atoms with Gasteiger partial charge in [0.05, 0.1) is 10.6 Å². The van der Waals surface area contributed by atoms with Crippen LogP contribution in [0.4, 0.5) is 0 Å². The van der Waals surface area contributed by atoms with Gasteiger partial charge in [0.15, 0.2) is 5.57 Å². The average Bonchev–Trinajstić information content (AvgIpc) is 3.38. The van der Waals surface area contributed by atoms with Gasteiger partial charge in [0, 0.05) is 31.0 Å². The Morgan fingerprint density at radius 3 is 2.56 bits per heavy atom. The van der Waals surface area contributed by atoms with Gasteiger partial charge in [0.2, 0.25) is 0 Å². The Hall–Kier alpha value is -3.53. The number of nitrogens with zero attached hydrogens (tertiary/aromatic N) is 4. The standard InChI is InChI=1S/C23H20N4O3S2/c1-3-9-27-21(28)20(32-22(27)15(13-24)14-25)18(12-19-26(4-2)10-11-31-19)16-7-5-6-8-17(16)23(29)30/h3,5-8,12H,1,4,9-11H2,2H3,(H,29,30). The first-order valence-corrected chi connectivity index (χ1v) is 11.6. The predicted molar refractivity (Wildman–Crippen MR) is 126 cm³/mol. The highest BCUT2D eigenvalue weighted by Gasteiger charge is 2.21. The lowest BCUT2D eigenvalue weighted by molar-refractivity contribution is 0.0696. The van der Waals surface area contributed by atoms with Crippen LogP contribution in [0.3, 0.4) is 0 Å². The molecule has 0 amide bonds. The number of thiazole rings is 1. The number of allylic oxidation sites excluding steroid dienone is 2. The topological polar surface area (TPSA) is 110 Å². The second-order valence-electron chi connectivity index (χ2n) is 6.71. The van der Waals surface area contributed by atoms with Crippen molar-refractivity contribution in [2.45, 2.75) is 13.5 Å². The summed E-state index contributed by atoms with van der Waals surface area (Å²) in [6.07, 6.45) is 3.36. The van der Waals surface area contributed by atoms with Gasteiger partial charge in [-0.1, -0.05) is 24.3 Å². The molecule has 0 radical (unpaired) electrons. The molecular weight excluding hydrogens is 444 g/mol. The molecule has 0 spiro atoms. The van der Waals surface area contributed by atoms with Crippen LogP contribution >= 0.6 is 23.1 Å². The molecule has 0 unspecified atom stereocenters. The minimum Gasteiger partial charge on any atom is -0.478 e. The van der Waals surface area contributed by atoms with Crippen molar-refractivity contribution >= 4 is 40.2 Å². The van der Waals surface area contributed by atoms with Gasteiger partial charge in [-0.3, -0.25) is 9.36 Å². The number of hydrogen-bond acceptors (Lipinski definition) is 7. The number of nitriles is 2. The van der Waals surface area contributed by atoms with Gasteiger partial charge < -0.3 is 10.0 Å². The van der Waals surface area contributed by atoms with Crippen LogP contribution in [0.2, 0.25) is 0 Å². The van der Waals surface area contributed by atoms with E-state index in [0.717, 1.165) is 35.2 Å². The lowest BCUT2D eigenvalue weighted by atomic mass is 9.99. The Balaban J connectivity index is 2.53. The van der Waals surface area contributed by atoms with E-state index < -0.39 is 11.5 Å². The molecule has 1 saturated heterocycles. The quantitative estimate of drug-likeness (QED) is 0.652. The van der Waals surface area contributed by atoms with E-state index in [1.807, 2.05) is 25.1 Å². The summed E-state index contributed by atoms with van der Waals surface area (Å²) in [5, 5.41) is 29.5. The van der Waals surface area contributed by atoms with Crippen LogP contribution in [0.15, 0.2) is 52.8 Å². The summed E-state index contributed by atoms with van der Waals surface area (Å²) in [6, 6.07) is 10.2. The summed E-state index contributed by atoms with van der Waals surface area (Å²) in [4.78, 5) is 27.5. The lowest BCUT2D eigenvalue weighted by Crippen LogP contribution is -2.32. The van der Waals surface area contributed by atoms with Crippen molar-refractivity contribution in [2.24, 2.45) is 0 Å². The second-order valence-corrected chi connectivity index (χ2v) is 8.83. The zero-order valence-electron chi connectivity index (χ0n) is 17.4. The third kappa shape index (κ3) is 4.40. The fourth-order valence-electron chi connectivity index (χ4n) is 3.38. The average molecular weight is 465 g/mol. The zero-order chi connectivity index (χ0) is 23.3. The summed E-state index contributed by atoms with van der Waals surface area (Å²) in [5.74, 6) is -0.211. The van der Waals surface area contributed by atoms with Crippen LogP contribution in [-0.4, -0.2) is 39.4 Å². The first-order valence-electron chi connectivity index (χ1n) is 9.78. The van der Waals surface area contributed by atoms with E-state index >= 15 is 0 Å². The van der Waals surface area contributed by atoms with Gasteiger partial charge in [0.1, 0.15) is 21.3 Å². The van der Waals surface area contributed by atoms with E-state index in [0.29, 0.717) is 11.1 Å². The monoisotopic (exact) mass is 464 g/mol. The van der Waals surface area contributed by atoms with Gasteiger partial charge in [-0.15, -0.1) is 29.7 Å². The highest BCUT2D eigenvalue weighted by Crippen LogP contribution is 2.30. The number of aromatic nitrogens is 1. The fraction of sp³-hybridized carbons (Fsp3) is 0.217. The third-order valence-corrected chi connectivity index (χ3v) is 7.17. The maximum absolute atomic E-state index is 13.4. The van der Waals surface area contributed by atoms with Crippen LogP contribution in [0.5, 0.6) is 0 Å². The molecule has 32 heavy (non-hydrogen) atoms. The molecule has 0 aliphatic carbocycles. The third-order valence-electron chi connectivity index (χ3n) is 4.90. The van der Waals surface area contributed by atoms with Crippen LogP contribution in [0.25, 0.3) is 11.1 Å². The molecule has 1 aliphatic rings. The van der Waals surface area contributed by atoms with Gasteiger partial charge >= 0.3 is 5.97 Å². The largest absolute Gasteiger partial charge is 0.478 e. The number of hydrogen-bond donors (Lipinski definition) is 1. The van der Waals surface area contributed by atoms with Crippen molar-refractivity contribution in [1.82, 2.24) is 9.47 Å². The number of benzene rings is 1. The minimum atomic E-state index is -1.10. The van der Waals surface area contributed by atoms with E-state index in [-0.39, 0.29) is 26.9 Å². The SMILES string of the molecule is C=CCn1c(=C(C#N)C#N)sc(=C(C=C2SCCN2CC)c2ccccc2C(=O)O)c1=O.